The largest absolute Gasteiger partial charge is 0.461 e. The lowest BCUT2D eigenvalue weighted by molar-refractivity contribution is -0.133. The van der Waals surface area contributed by atoms with Crippen LogP contribution in [0.25, 0.3) is 21.9 Å². The van der Waals surface area contributed by atoms with Crippen LogP contribution in [0.4, 0.5) is 0 Å². The number of carbonyl (C=O) groups excluding carboxylic acids is 1. The van der Waals surface area contributed by atoms with Gasteiger partial charge in [-0.05, 0) is 56.9 Å². The second-order valence-electron chi connectivity index (χ2n) is 9.67. The van der Waals surface area contributed by atoms with Gasteiger partial charge in [-0.15, -0.1) is 0 Å². The number of hydrogen-bond acceptors (Lipinski definition) is 5. The Morgan fingerprint density at radius 1 is 0.857 bits per heavy atom. The maximum atomic E-state index is 13.0. The van der Waals surface area contributed by atoms with Crippen LogP contribution >= 0.6 is 0 Å². The molecule has 0 saturated carbocycles. The second kappa shape index (κ2) is 9.34. The van der Waals surface area contributed by atoms with Crippen molar-refractivity contribution in [2.75, 3.05) is 26.2 Å². The average molecular weight is 473 g/mol. The Hall–Kier alpha value is -3.38. The Bertz CT molecular complexity index is 1460. The number of rotatable bonds is 5. The third-order valence-electron chi connectivity index (χ3n) is 7.51. The minimum absolute atomic E-state index is 0.0937. The summed E-state index contributed by atoms with van der Waals surface area (Å²) in [6.07, 6.45) is 0.689. The molecule has 35 heavy (non-hydrogen) atoms. The van der Waals surface area contributed by atoms with Gasteiger partial charge < -0.3 is 13.7 Å². The van der Waals surface area contributed by atoms with Crippen molar-refractivity contribution in [1.82, 2.24) is 9.80 Å². The lowest BCUT2D eigenvalue weighted by atomic mass is 9.98. The fraction of sp³-hybridized carbons (Fsp3) is 0.379. The fourth-order valence-corrected chi connectivity index (χ4v) is 5.17. The first-order valence-corrected chi connectivity index (χ1v) is 12.3. The van der Waals surface area contributed by atoms with E-state index >= 15 is 0 Å². The maximum Gasteiger partial charge on any atom is 0.339 e. The van der Waals surface area contributed by atoms with Crippen LogP contribution in [-0.4, -0.2) is 41.9 Å². The van der Waals surface area contributed by atoms with E-state index in [9.17, 15) is 9.59 Å². The van der Waals surface area contributed by atoms with Gasteiger partial charge >= 0.3 is 5.63 Å². The van der Waals surface area contributed by atoms with Crippen LogP contribution in [0, 0.1) is 27.7 Å². The third kappa shape index (κ3) is 4.39. The number of nitrogens with zero attached hydrogens (tertiary/aromatic N) is 2. The van der Waals surface area contributed by atoms with Gasteiger partial charge in [0.2, 0.25) is 5.91 Å². The standard InChI is InChI=1S/C29H32N2O4/c1-18-21(4)34-27-20(3)28-25(16-24(18)27)19(2)23(29(33)35-28)10-11-26(32)31-14-12-30(13-15-31)17-22-8-6-5-7-9-22/h5-9,16H,10-15,17H2,1-4H3. The molecule has 5 rings (SSSR count). The fourth-order valence-electron chi connectivity index (χ4n) is 5.17. The smallest absolute Gasteiger partial charge is 0.339 e. The summed E-state index contributed by atoms with van der Waals surface area (Å²) >= 11 is 0. The van der Waals surface area contributed by atoms with Gasteiger partial charge in [0.15, 0.2) is 0 Å². The van der Waals surface area contributed by atoms with E-state index in [4.69, 9.17) is 8.83 Å². The molecule has 0 spiro atoms. The quantitative estimate of drug-likeness (QED) is 0.380. The van der Waals surface area contributed by atoms with Crippen LogP contribution in [0.5, 0.6) is 0 Å². The number of amides is 1. The molecule has 0 N–H and O–H groups in total. The summed E-state index contributed by atoms with van der Waals surface area (Å²) in [7, 11) is 0. The number of furan rings is 1. The van der Waals surface area contributed by atoms with E-state index in [1.807, 2.05) is 38.7 Å². The maximum absolute atomic E-state index is 13.0. The summed E-state index contributed by atoms with van der Waals surface area (Å²) in [5.74, 6) is 0.962. The van der Waals surface area contributed by atoms with E-state index in [0.717, 1.165) is 58.4 Å². The van der Waals surface area contributed by atoms with Gasteiger partial charge in [-0.2, -0.15) is 0 Å². The van der Waals surface area contributed by atoms with Gasteiger partial charge in [-0.3, -0.25) is 9.69 Å². The summed E-state index contributed by atoms with van der Waals surface area (Å²) in [5.41, 5.74) is 5.67. The van der Waals surface area contributed by atoms with E-state index in [0.29, 0.717) is 37.1 Å². The predicted octanol–water partition coefficient (Wildman–Crippen LogP) is 5.05. The van der Waals surface area contributed by atoms with Crippen LogP contribution in [0.2, 0.25) is 0 Å². The van der Waals surface area contributed by atoms with Gasteiger partial charge in [0.05, 0.1) is 0 Å². The van der Waals surface area contributed by atoms with Crippen LogP contribution in [0.1, 0.15) is 40.0 Å². The molecule has 6 nitrogen and oxygen atoms in total. The summed E-state index contributed by atoms with van der Waals surface area (Å²) in [6.45, 7) is 11.9. The lowest BCUT2D eigenvalue weighted by Crippen LogP contribution is -2.48. The molecule has 4 aromatic rings. The molecule has 2 aromatic heterocycles. The van der Waals surface area contributed by atoms with Crippen LogP contribution in [0.15, 0.2) is 50.0 Å². The first-order chi connectivity index (χ1) is 16.8. The van der Waals surface area contributed by atoms with Gasteiger partial charge in [0.1, 0.15) is 16.9 Å². The summed E-state index contributed by atoms with van der Waals surface area (Å²) < 4.78 is 11.7. The number of hydrogen-bond donors (Lipinski definition) is 0. The van der Waals surface area contributed by atoms with E-state index < -0.39 is 0 Å². The Labute approximate surface area is 205 Å². The summed E-state index contributed by atoms with van der Waals surface area (Å²) in [6, 6.07) is 12.5. The van der Waals surface area contributed by atoms with Crippen LogP contribution in [-0.2, 0) is 17.8 Å². The zero-order chi connectivity index (χ0) is 24.7. The first-order valence-electron chi connectivity index (χ1n) is 12.3. The Kier molecular flexibility index (Phi) is 6.24. The molecule has 3 heterocycles. The number of carbonyl (C=O) groups is 1. The molecule has 0 bridgehead atoms. The monoisotopic (exact) mass is 472 g/mol. The Balaban J connectivity index is 1.29. The SMILES string of the molecule is Cc1oc2c(C)c3oc(=O)c(CCC(=O)N4CCN(Cc5ccccc5)CC4)c(C)c3cc2c1C. The lowest BCUT2D eigenvalue weighted by Gasteiger charge is -2.34. The van der Waals surface area contributed by atoms with Crippen molar-refractivity contribution in [2.24, 2.45) is 0 Å². The highest BCUT2D eigenvalue weighted by Crippen LogP contribution is 2.34. The molecule has 0 radical (unpaired) electrons. The van der Waals surface area contributed by atoms with Crippen molar-refractivity contribution in [3.63, 3.8) is 0 Å². The number of benzene rings is 2. The molecule has 1 aliphatic heterocycles. The van der Waals surface area contributed by atoms with E-state index in [2.05, 4.69) is 35.2 Å². The third-order valence-corrected chi connectivity index (χ3v) is 7.51. The molecule has 1 saturated heterocycles. The number of piperazine rings is 1. The normalized spacial score (nSPS) is 14.8. The molecular weight excluding hydrogens is 440 g/mol. The molecular formula is C29H32N2O4. The van der Waals surface area contributed by atoms with E-state index in [1.165, 1.54) is 5.56 Å². The van der Waals surface area contributed by atoms with E-state index in [1.54, 1.807) is 0 Å². The van der Waals surface area contributed by atoms with Gasteiger partial charge in [0.25, 0.3) is 0 Å². The van der Waals surface area contributed by atoms with Crippen molar-refractivity contribution >= 4 is 27.8 Å². The predicted molar refractivity (Wildman–Crippen MR) is 138 cm³/mol. The van der Waals surface area contributed by atoms with Crippen LogP contribution in [0.3, 0.4) is 0 Å². The van der Waals surface area contributed by atoms with Crippen molar-refractivity contribution in [3.05, 3.63) is 80.4 Å². The average Bonchev–Trinajstić information content (AvgIpc) is 3.15. The van der Waals surface area contributed by atoms with Gasteiger partial charge in [-0.25, -0.2) is 4.79 Å². The molecule has 1 aliphatic rings. The van der Waals surface area contributed by atoms with Gasteiger partial charge in [-0.1, -0.05) is 30.3 Å². The molecule has 0 unspecified atom stereocenters. The highest BCUT2D eigenvalue weighted by Gasteiger charge is 2.23. The topological polar surface area (TPSA) is 66.9 Å². The Morgan fingerprint density at radius 3 is 2.23 bits per heavy atom. The molecule has 1 fully saturated rings. The van der Waals surface area contributed by atoms with Crippen molar-refractivity contribution in [1.29, 1.82) is 0 Å². The zero-order valence-corrected chi connectivity index (χ0v) is 20.9. The molecule has 182 valence electrons. The van der Waals surface area contributed by atoms with Crippen LogP contribution < -0.4 is 5.63 Å². The molecule has 1 amide bonds. The highest BCUT2D eigenvalue weighted by molar-refractivity contribution is 6.00. The van der Waals surface area contributed by atoms with Crippen molar-refractivity contribution in [2.45, 2.75) is 47.1 Å². The first kappa shape index (κ1) is 23.4. The second-order valence-corrected chi connectivity index (χ2v) is 9.67. The number of aryl methyl sites for hydroxylation is 4. The highest BCUT2D eigenvalue weighted by atomic mass is 16.4. The minimum atomic E-state index is -0.363. The minimum Gasteiger partial charge on any atom is -0.461 e. The Morgan fingerprint density at radius 2 is 1.51 bits per heavy atom. The van der Waals surface area contributed by atoms with Crippen molar-refractivity contribution in [3.8, 4) is 0 Å². The van der Waals surface area contributed by atoms with Crippen molar-refractivity contribution < 1.29 is 13.6 Å². The molecule has 2 aromatic carbocycles. The molecule has 0 aliphatic carbocycles. The number of fused-ring (bicyclic) bond motifs is 2. The summed E-state index contributed by atoms with van der Waals surface area (Å²) in [4.78, 5) is 30.2. The summed E-state index contributed by atoms with van der Waals surface area (Å²) in [5, 5.41) is 1.95. The molecule has 6 heteroatoms. The zero-order valence-electron chi connectivity index (χ0n) is 20.9. The molecule has 0 atom stereocenters. The van der Waals surface area contributed by atoms with E-state index in [-0.39, 0.29) is 11.5 Å². The van der Waals surface area contributed by atoms with Gasteiger partial charge in [0, 0.05) is 61.0 Å².